The second-order valence-corrected chi connectivity index (χ2v) is 10.6. The first-order valence-electron chi connectivity index (χ1n) is 14.5. The van der Waals surface area contributed by atoms with Gasteiger partial charge in [0.2, 0.25) is 5.91 Å². The zero-order valence-corrected chi connectivity index (χ0v) is 26.5. The van der Waals surface area contributed by atoms with Crippen LogP contribution in [0.5, 0.6) is 0 Å². The summed E-state index contributed by atoms with van der Waals surface area (Å²) in [7, 11) is 1.59. The van der Waals surface area contributed by atoms with Gasteiger partial charge < -0.3 is 29.8 Å². The van der Waals surface area contributed by atoms with Gasteiger partial charge in [0.25, 0.3) is 5.56 Å². The number of nitrogens with zero attached hydrogens (tertiary/aromatic N) is 5. The molecule has 2 aliphatic rings. The zero-order valence-electron chi connectivity index (χ0n) is 25.7. The third-order valence-electron chi connectivity index (χ3n) is 7.03. The number of rotatable bonds is 7. The Morgan fingerprint density at radius 3 is 2.48 bits per heavy atom. The third-order valence-corrected chi connectivity index (χ3v) is 7.34. The molecule has 0 atom stereocenters. The maximum atomic E-state index is 13.6. The van der Waals surface area contributed by atoms with E-state index in [9.17, 15) is 32.7 Å². The van der Waals surface area contributed by atoms with E-state index in [-0.39, 0.29) is 28.8 Å². The molecule has 0 saturated carbocycles. The highest BCUT2D eigenvalue weighted by molar-refractivity contribution is 6.33. The van der Waals surface area contributed by atoms with Gasteiger partial charge >= 0.3 is 6.18 Å². The normalized spacial score (nSPS) is 15.3. The monoisotopic (exact) mass is 667 g/mol. The quantitative estimate of drug-likeness (QED) is 0.225. The molecule has 4 rings (SSSR count). The molecule has 46 heavy (non-hydrogen) atoms. The first-order valence-corrected chi connectivity index (χ1v) is 14.9. The highest BCUT2D eigenvalue weighted by Gasteiger charge is 2.30. The van der Waals surface area contributed by atoms with Crippen molar-refractivity contribution in [2.75, 3.05) is 56.7 Å². The van der Waals surface area contributed by atoms with E-state index in [0.717, 1.165) is 17.7 Å². The van der Waals surface area contributed by atoms with Crippen molar-refractivity contribution in [2.24, 2.45) is 0 Å². The number of halogens is 4. The number of benzene rings is 1. The molecule has 0 aliphatic carbocycles. The van der Waals surface area contributed by atoms with E-state index in [2.05, 4.69) is 20.4 Å². The largest absolute Gasteiger partial charge is 0.512 e. The number of ether oxygens (including phenoxy) is 1. The zero-order chi connectivity index (χ0) is 33.9. The Bertz CT molecular complexity index is 1560. The summed E-state index contributed by atoms with van der Waals surface area (Å²) >= 11 is 5.57. The van der Waals surface area contributed by atoms with Crippen LogP contribution in [0.1, 0.15) is 37.4 Å². The number of aromatic amines is 1. The number of amides is 1. The van der Waals surface area contributed by atoms with Crippen LogP contribution in [0, 0.1) is 0 Å². The summed E-state index contributed by atoms with van der Waals surface area (Å²) in [6, 6.07) is 3.18. The van der Waals surface area contributed by atoms with Crippen LogP contribution in [0.4, 0.5) is 24.5 Å². The molecule has 1 saturated heterocycles. The van der Waals surface area contributed by atoms with Crippen molar-refractivity contribution in [1.29, 1.82) is 0 Å². The van der Waals surface area contributed by atoms with E-state index in [4.69, 9.17) is 16.3 Å². The number of aromatic nitrogens is 4. The van der Waals surface area contributed by atoms with Crippen molar-refractivity contribution in [1.82, 2.24) is 24.6 Å². The van der Waals surface area contributed by atoms with Crippen LogP contribution in [0.2, 0.25) is 5.02 Å². The average Bonchev–Trinajstić information content (AvgIpc) is 3.09. The van der Waals surface area contributed by atoms with Crippen molar-refractivity contribution < 1.29 is 32.6 Å². The second-order valence-electron chi connectivity index (χ2n) is 10.2. The number of piperazine rings is 1. The van der Waals surface area contributed by atoms with Crippen LogP contribution in [-0.4, -0.2) is 88.4 Å². The molecule has 1 aromatic heterocycles. The minimum atomic E-state index is -4.34. The Balaban J connectivity index is 0.000000370. The Hall–Kier alpha value is -4.37. The maximum absolute atomic E-state index is 13.6. The van der Waals surface area contributed by atoms with E-state index in [0.29, 0.717) is 81.4 Å². The highest BCUT2D eigenvalue weighted by atomic mass is 35.5. The predicted octanol–water partition coefficient (Wildman–Crippen LogP) is 4.17. The summed E-state index contributed by atoms with van der Waals surface area (Å²) in [6.07, 6.45) is 1.92. The fourth-order valence-electron chi connectivity index (χ4n) is 4.67. The summed E-state index contributed by atoms with van der Waals surface area (Å²) in [5.41, 5.74) is 1.17. The second kappa shape index (κ2) is 16.8. The molecule has 2 aromatic rings. The van der Waals surface area contributed by atoms with Crippen molar-refractivity contribution in [2.45, 2.75) is 39.4 Å². The van der Waals surface area contributed by atoms with Gasteiger partial charge in [-0.1, -0.05) is 24.6 Å². The number of aliphatic hydroxyl groups is 1. The standard InChI is InChI=1S/C22H30N6O5.C8H7ClF3N/c1-3-18-20(27-8-6-26(7-9-27)19(31)14-16(2)30)22(32)28(10-11-29)25-21(24-15-23-18)17-4-12-33-13-5-17;1-13-7-3-2-5(4-6(7)9)8(10,11)12/h4,11,14-15,30H,3,5-10,12-13H2,1-2H3,(H,23,24,25);2-4,13H,1H3/b16-14-,20-18?;. The lowest BCUT2D eigenvalue weighted by molar-refractivity contribution is -0.137. The predicted molar refractivity (Wildman–Crippen MR) is 168 cm³/mol. The number of aldehydes is 1. The number of hydrogen-bond donors (Lipinski definition) is 3. The summed E-state index contributed by atoms with van der Waals surface area (Å²) in [5.74, 6) is 0.130. The molecule has 0 unspecified atom stereocenters. The lowest BCUT2D eigenvalue weighted by Gasteiger charge is -2.35. The highest BCUT2D eigenvalue weighted by Crippen LogP contribution is 2.33. The molecular formula is C30H37ClF3N7O5. The van der Waals surface area contributed by atoms with Crippen LogP contribution in [-0.2, 0) is 33.5 Å². The van der Waals surface area contributed by atoms with Gasteiger partial charge in [-0.15, -0.1) is 0 Å². The number of hydrogen-bond acceptors (Lipinski definition) is 9. The molecule has 3 N–H and O–H groups in total. The lowest BCUT2D eigenvalue weighted by Crippen LogP contribution is -2.50. The SMILES string of the molecule is CCc1ncnc(C2=CCOCC2)[nH]n(CC=O)c(=O)c1N1CCN(C(=O)/C=C(/C)O)CC1.CNc1ccc(C(F)(F)F)cc1Cl. The number of alkyl halides is 3. The molecular weight excluding hydrogens is 631 g/mol. The first-order chi connectivity index (χ1) is 21.9. The van der Waals surface area contributed by atoms with Crippen LogP contribution in [0.25, 0.3) is 5.57 Å². The maximum Gasteiger partial charge on any atom is 0.416 e. The van der Waals surface area contributed by atoms with Crippen molar-refractivity contribution in [3.63, 3.8) is 0 Å². The molecule has 0 bridgehead atoms. The number of carbonyl (C=O) groups is 2. The van der Waals surface area contributed by atoms with E-state index < -0.39 is 11.7 Å². The van der Waals surface area contributed by atoms with Crippen LogP contribution < -0.4 is 15.8 Å². The Morgan fingerprint density at radius 1 is 1.22 bits per heavy atom. The minimum Gasteiger partial charge on any atom is -0.512 e. The smallest absolute Gasteiger partial charge is 0.416 e. The van der Waals surface area contributed by atoms with Gasteiger partial charge in [0.05, 0.1) is 47.5 Å². The van der Waals surface area contributed by atoms with Crippen molar-refractivity contribution in [3.8, 4) is 0 Å². The summed E-state index contributed by atoms with van der Waals surface area (Å²) in [6.45, 7) is 5.77. The fourth-order valence-corrected chi connectivity index (χ4v) is 4.94. The third kappa shape index (κ3) is 9.81. The molecule has 0 radical (unpaired) electrons. The fraction of sp³-hybridized carbons (Fsp3) is 0.433. The number of anilines is 2. The van der Waals surface area contributed by atoms with Crippen LogP contribution >= 0.6 is 11.6 Å². The van der Waals surface area contributed by atoms with E-state index in [1.54, 1.807) is 11.9 Å². The molecule has 2 aliphatic heterocycles. The number of allylic oxidation sites excluding steroid dienone is 1. The summed E-state index contributed by atoms with van der Waals surface area (Å²) in [5, 5.41) is 15.1. The van der Waals surface area contributed by atoms with Gasteiger partial charge in [-0.3, -0.25) is 14.7 Å². The van der Waals surface area contributed by atoms with E-state index in [1.807, 2.05) is 17.9 Å². The molecule has 0 spiro atoms. The van der Waals surface area contributed by atoms with E-state index >= 15 is 0 Å². The topological polar surface area (TPSA) is 146 Å². The summed E-state index contributed by atoms with van der Waals surface area (Å²) < 4.78 is 43.0. The first kappa shape index (κ1) is 36.1. The number of H-pyrrole nitrogens is 1. The van der Waals surface area contributed by atoms with Gasteiger partial charge in [0.1, 0.15) is 24.1 Å². The Kier molecular flexibility index (Phi) is 13.2. The van der Waals surface area contributed by atoms with Gasteiger partial charge in [-0.05, 0) is 43.5 Å². The molecule has 1 amide bonds. The minimum absolute atomic E-state index is 0.0507. The van der Waals surface area contributed by atoms with Gasteiger partial charge in [-0.2, -0.15) is 13.2 Å². The van der Waals surface area contributed by atoms with Crippen LogP contribution in [0.3, 0.4) is 0 Å². The van der Waals surface area contributed by atoms with Gasteiger partial charge in [0, 0.05) is 39.3 Å². The molecule has 12 nitrogen and oxygen atoms in total. The lowest BCUT2D eigenvalue weighted by atomic mass is 10.1. The van der Waals surface area contributed by atoms with Crippen molar-refractivity contribution >= 4 is 40.7 Å². The molecule has 1 aromatic carbocycles. The van der Waals surface area contributed by atoms with Gasteiger partial charge in [-0.25, -0.2) is 14.6 Å². The Morgan fingerprint density at radius 2 is 1.93 bits per heavy atom. The number of nitrogens with one attached hydrogen (secondary N) is 2. The summed E-state index contributed by atoms with van der Waals surface area (Å²) in [4.78, 5) is 49.6. The number of aliphatic hydroxyl groups excluding tert-OH is 1. The Labute approximate surface area is 268 Å². The average molecular weight is 668 g/mol. The molecule has 16 heteroatoms. The van der Waals surface area contributed by atoms with Crippen molar-refractivity contribution in [3.05, 3.63) is 74.9 Å². The van der Waals surface area contributed by atoms with Gasteiger partial charge in [0.15, 0.2) is 0 Å². The molecule has 1 fully saturated rings. The number of carbonyl (C=O) groups excluding carboxylic acids is 2. The number of aryl methyl sites for hydroxylation is 1. The van der Waals surface area contributed by atoms with Crippen LogP contribution in [0.15, 0.2) is 47.2 Å². The van der Waals surface area contributed by atoms with E-state index in [1.165, 1.54) is 30.1 Å². The molecule has 3 heterocycles. The molecule has 250 valence electrons.